The molecule has 7 nitrogen and oxygen atoms in total. The molecule has 2 amide bonds. The lowest BCUT2D eigenvalue weighted by Crippen LogP contribution is -2.55. The molecule has 4 heterocycles. The Morgan fingerprint density at radius 2 is 1.83 bits per heavy atom. The van der Waals surface area contributed by atoms with Crippen LogP contribution in [0.15, 0.2) is 24.3 Å². The van der Waals surface area contributed by atoms with Crippen molar-refractivity contribution >= 4 is 29.5 Å². The van der Waals surface area contributed by atoms with E-state index in [0.717, 1.165) is 44.9 Å². The molecular formula is C27H38N2O5S. The van der Waals surface area contributed by atoms with Gasteiger partial charge in [0, 0.05) is 30.5 Å². The van der Waals surface area contributed by atoms with Crippen molar-refractivity contribution in [1.82, 2.24) is 9.80 Å². The van der Waals surface area contributed by atoms with Crippen molar-refractivity contribution < 1.29 is 24.2 Å². The summed E-state index contributed by atoms with van der Waals surface area (Å²) in [5, 5.41) is 9.55. The van der Waals surface area contributed by atoms with Crippen LogP contribution in [0.5, 0.6) is 0 Å². The molecule has 5 atom stereocenters. The molecule has 0 aromatic rings. The topological polar surface area (TPSA) is 87.1 Å². The highest BCUT2D eigenvalue weighted by atomic mass is 32.2. The number of cyclic esters (lactones) is 1. The van der Waals surface area contributed by atoms with E-state index in [1.54, 1.807) is 16.7 Å². The predicted molar refractivity (Wildman–Crippen MR) is 135 cm³/mol. The fourth-order valence-electron chi connectivity index (χ4n) is 7.02. The number of aliphatic hydroxyl groups is 1. The molecule has 192 valence electrons. The van der Waals surface area contributed by atoms with E-state index in [4.69, 9.17) is 4.74 Å². The normalized spacial score (nSPS) is 39.0. The minimum absolute atomic E-state index is 0.00662. The maximum Gasteiger partial charge on any atom is 0.311 e. The second-order valence-electron chi connectivity index (χ2n) is 10.9. The Labute approximate surface area is 212 Å². The van der Waals surface area contributed by atoms with Gasteiger partial charge in [-0.3, -0.25) is 14.4 Å². The lowest BCUT2D eigenvalue weighted by molar-refractivity contribution is -0.154. The Balaban J connectivity index is 1.59. The first-order valence-corrected chi connectivity index (χ1v) is 14.2. The molecule has 2 saturated heterocycles. The van der Waals surface area contributed by atoms with Gasteiger partial charge >= 0.3 is 5.97 Å². The molecule has 1 N–H and O–H groups in total. The molecule has 1 spiro atoms. The van der Waals surface area contributed by atoms with Crippen molar-refractivity contribution in [2.75, 3.05) is 26.3 Å². The van der Waals surface area contributed by atoms with Gasteiger partial charge in [-0.05, 0) is 45.4 Å². The maximum absolute atomic E-state index is 14.3. The number of amides is 2. The maximum atomic E-state index is 14.3. The van der Waals surface area contributed by atoms with Crippen molar-refractivity contribution in [3.8, 4) is 0 Å². The number of hydrogen-bond acceptors (Lipinski definition) is 6. The van der Waals surface area contributed by atoms with Gasteiger partial charge in [-0.2, -0.15) is 0 Å². The Kier molecular flexibility index (Phi) is 7.05. The van der Waals surface area contributed by atoms with Crippen molar-refractivity contribution in [2.24, 2.45) is 11.8 Å². The summed E-state index contributed by atoms with van der Waals surface area (Å²) in [4.78, 5) is 45.5. The van der Waals surface area contributed by atoms with Crippen LogP contribution < -0.4 is 0 Å². The summed E-state index contributed by atoms with van der Waals surface area (Å²) < 4.78 is 4.24. The van der Waals surface area contributed by atoms with E-state index < -0.39 is 27.4 Å². The third kappa shape index (κ3) is 4.14. The van der Waals surface area contributed by atoms with Gasteiger partial charge in [0.25, 0.3) is 0 Å². The highest BCUT2D eigenvalue weighted by molar-refractivity contribution is 8.02. The average molecular weight is 503 g/mol. The Morgan fingerprint density at radius 1 is 1.03 bits per heavy atom. The molecule has 35 heavy (non-hydrogen) atoms. The van der Waals surface area contributed by atoms with Crippen molar-refractivity contribution in [3.05, 3.63) is 24.3 Å². The lowest BCUT2D eigenvalue weighted by atomic mass is 9.74. The van der Waals surface area contributed by atoms with Gasteiger partial charge in [0.15, 0.2) is 0 Å². The summed E-state index contributed by atoms with van der Waals surface area (Å²) in [6.45, 7) is 3.19. The van der Waals surface area contributed by atoms with E-state index in [-0.39, 0.29) is 30.4 Å². The molecule has 0 aromatic carbocycles. The van der Waals surface area contributed by atoms with Crippen molar-refractivity contribution in [2.45, 2.75) is 86.3 Å². The summed E-state index contributed by atoms with van der Waals surface area (Å²) in [5.41, 5.74) is 0. The molecule has 8 heteroatoms. The van der Waals surface area contributed by atoms with Crippen LogP contribution in [0.1, 0.15) is 64.7 Å². The van der Waals surface area contributed by atoms with Crippen molar-refractivity contribution in [1.29, 1.82) is 0 Å². The largest absolute Gasteiger partial charge is 0.465 e. The third-order valence-corrected chi connectivity index (χ3v) is 10.4. The summed E-state index contributed by atoms with van der Waals surface area (Å²) in [5.74, 6) is -1.82. The summed E-state index contributed by atoms with van der Waals surface area (Å²) in [7, 11) is 0. The molecule has 0 radical (unpaired) electrons. The van der Waals surface area contributed by atoms with E-state index in [1.165, 1.54) is 6.42 Å². The molecule has 3 fully saturated rings. The van der Waals surface area contributed by atoms with Gasteiger partial charge < -0.3 is 19.6 Å². The highest BCUT2D eigenvalue weighted by Gasteiger charge is 2.73. The van der Waals surface area contributed by atoms with Crippen LogP contribution in [0, 0.1) is 11.8 Å². The minimum atomic E-state index is -0.829. The molecule has 5 aliphatic rings. The first-order chi connectivity index (χ1) is 16.9. The number of carbonyl (C=O) groups is 3. The zero-order valence-corrected chi connectivity index (χ0v) is 21.5. The zero-order chi connectivity index (χ0) is 24.6. The number of esters is 1. The van der Waals surface area contributed by atoms with E-state index >= 15 is 0 Å². The fourth-order valence-corrected chi connectivity index (χ4v) is 9.17. The van der Waals surface area contributed by atoms with Crippen LogP contribution >= 0.6 is 11.8 Å². The number of fused-ring (bicyclic) bond motifs is 2. The van der Waals surface area contributed by atoms with Crippen LogP contribution in [-0.2, 0) is 19.1 Å². The van der Waals surface area contributed by atoms with Gasteiger partial charge in [0.2, 0.25) is 11.8 Å². The quantitative estimate of drug-likeness (QED) is 0.470. The van der Waals surface area contributed by atoms with Crippen molar-refractivity contribution in [3.63, 3.8) is 0 Å². The zero-order valence-electron chi connectivity index (χ0n) is 20.7. The highest BCUT2D eigenvalue weighted by Crippen LogP contribution is 2.65. The second kappa shape index (κ2) is 9.92. The smallest absolute Gasteiger partial charge is 0.311 e. The van der Waals surface area contributed by atoms with Crippen LogP contribution in [0.25, 0.3) is 0 Å². The number of rotatable bonds is 4. The van der Waals surface area contributed by atoms with Gasteiger partial charge in [0.1, 0.15) is 6.04 Å². The fraction of sp³-hybridized carbons (Fsp3) is 0.741. The molecule has 0 bridgehead atoms. The molecule has 5 rings (SSSR count). The number of carbonyl (C=O) groups excluding carboxylic acids is 3. The van der Waals surface area contributed by atoms with Crippen LogP contribution in [0.2, 0.25) is 0 Å². The average Bonchev–Trinajstić information content (AvgIpc) is 3.17. The number of aliphatic hydroxyl groups excluding tert-OH is 1. The van der Waals surface area contributed by atoms with E-state index in [2.05, 4.69) is 24.3 Å². The predicted octanol–water partition coefficient (Wildman–Crippen LogP) is 3.07. The number of allylic oxidation sites excluding steroid dienone is 1. The SMILES string of the molecule is C[C@@]12/C=C\CCCCOC(=O)[C@@H]1[C@H]1C(=O)N(CCCO)C3C(=O)N(C4CCCCC4)CC=C[C@@]31S2. The van der Waals surface area contributed by atoms with Gasteiger partial charge in [0.05, 0.1) is 23.2 Å². The van der Waals surface area contributed by atoms with E-state index in [1.807, 2.05) is 11.8 Å². The number of nitrogens with zero attached hydrogens (tertiary/aromatic N) is 2. The summed E-state index contributed by atoms with van der Waals surface area (Å²) >= 11 is 1.60. The second-order valence-corrected chi connectivity index (χ2v) is 12.6. The Hall–Kier alpha value is -1.80. The molecular weight excluding hydrogens is 464 g/mol. The third-order valence-electron chi connectivity index (χ3n) is 8.60. The minimum Gasteiger partial charge on any atom is -0.465 e. The number of hydrogen-bond donors (Lipinski definition) is 1. The number of thioether (sulfide) groups is 1. The number of ether oxygens (including phenoxy) is 1. The van der Waals surface area contributed by atoms with Gasteiger partial charge in [-0.15, -0.1) is 11.8 Å². The first-order valence-electron chi connectivity index (χ1n) is 13.4. The van der Waals surface area contributed by atoms with E-state index in [9.17, 15) is 19.5 Å². The van der Waals surface area contributed by atoms with Crippen LogP contribution in [0.4, 0.5) is 0 Å². The Morgan fingerprint density at radius 3 is 2.60 bits per heavy atom. The monoisotopic (exact) mass is 502 g/mol. The standard InChI is InChI=1S/C27H38N2O5S/c1-26-13-7-2-3-8-18-34-25(33)21(26)20-23(31)29(16-10-17-30)22-24(32)28(19-11-5-4-6-12-19)15-9-14-27(20,22)35-26/h7,9,13-14,19-22,30H,2-6,8,10-12,15-18H2,1H3/b13-7-/t20-,21-,22?,26+,27-/m0/s1. The molecule has 1 saturated carbocycles. The number of likely N-dealkylation sites (tertiary alicyclic amines) is 1. The van der Waals surface area contributed by atoms with Crippen LogP contribution in [0.3, 0.4) is 0 Å². The van der Waals surface area contributed by atoms with E-state index in [0.29, 0.717) is 26.1 Å². The molecule has 4 aliphatic heterocycles. The molecule has 1 aliphatic carbocycles. The Bertz CT molecular complexity index is 915. The molecule has 1 unspecified atom stereocenters. The summed E-state index contributed by atoms with van der Waals surface area (Å²) in [6, 6.07) is -0.481. The lowest BCUT2D eigenvalue weighted by Gasteiger charge is -2.40. The van der Waals surface area contributed by atoms with Crippen LogP contribution in [-0.4, -0.2) is 80.6 Å². The first kappa shape index (κ1) is 24.9. The summed E-state index contributed by atoms with van der Waals surface area (Å²) in [6.07, 6.45) is 16.9. The molecule has 0 aromatic heterocycles. The van der Waals surface area contributed by atoms with Gasteiger partial charge in [-0.25, -0.2) is 0 Å². The van der Waals surface area contributed by atoms with Gasteiger partial charge in [-0.1, -0.05) is 43.6 Å².